The van der Waals surface area contributed by atoms with Crippen LogP contribution < -0.4 is 10.2 Å². The molecule has 0 aliphatic carbocycles. The lowest BCUT2D eigenvalue weighted by Crippen LogP contribution is -2.36. The van der Waals surface area contributed by atoms with Gasteiger partial charge in [-0.25, -0.2) is 4.79 Å². The van der Waals surface area contributed by atoms with Crippen molar-refractivity contribution in [1.82, 2.24) is 4.98 Å². The fourth-order valence-electron chi connectivity index (χ4n) is 2.54. The summed E-state index contributed by atoms with van der Waals surface area (Å²) < 4.78 is 5.32. The Labute approximate surface area is 143 Å². The molecule has 2 heterocycles. The molecule has 0 bridgehead atoms. The Bertz CT molecular complexity index is 768. The second-order valence-corrected chi connectivity index (χ2v) is 5.71. The van der Waals surface area contributed by atoms with Crippen LogP contribution in [0.2, 0.25) is 5.02 Å². The highest BCUT2D eigenvalue weighted by atomic mass is 35.5. The van der Waals surface area contributed by atoms with Crippen LogP contribution in [0.4, 0.5) is 11.4 Å². The van der Waals surface area contributed by atoms with Crippen molar-refractivity contribution in [3.05, 3.63) is 46.7 Å². The van der Waals surface area contributed by atoms with Crippen molar-refractivity contribution in [2.24, 2.45) is 0 Å². The van der Waals surface area contributed by atoms with Crippen LogP contribution in [0.3, 0.4) is 0 Å². The lowest BCUT2D eigenvalue weighted by atomic mass is 10.2. The van der Waals surface area contributed by atoms with E-state index in [1.54, 1.807) is 12.1 Å². The van der Waals surface area contributed by atoms with Gasteiger partial charge in [0.25, 0.3) is 5.91 Å². The minimum atomic E-state index is -1.17. The maximum Gasteiger partial charge on any atom is 0.338 e. The average molecular weight is 350 g/mol. The lowest BCUT2D eigenvalue weighted by Gasteiger charge is -2.29. The first-order valence-electron chi connectivity index (χ1n) is 7.40. The Balaban J connectivity index is 1.76. The van der Waals surface area contributed by atoms with E-state index in [0.717, 1.165) is 18.8 Å². The molecule has 1 saturated heterocycles. The average Bonchev–Trinajstić information content (AvgIpc) is 3.07. The van der Waals surface area contributed by atoms with E-state index in [2.05, 4.69) is 15.2 Å². The number of carboxylic acid groups (broad SMARTS) is 1. The summed E-state index contributed by atoms with van der Waals surface area (Å²) in [4.78, 5) is 28.1. The number of rotatable bonds is 4. The fourth-order valence-corrected chi connectivity index (χ4v) is 2.76. The van der Waals surface area contributed by atoms with E-state index >= 15 is 0 Å². The normalized spacial score (nSPS) is 14.5. The molecular weight excluding hydrogens is 334 g/mol. The van der Waals surface area contributed by atoms with Gasteiger partial charge < -0.3 is 25.0 Å². The number of nitrogens with zero attached hydrogens (tertiary/aromatic N) is 1. The van der Waals surface area contributed by atoms with E-state index in [0.29, 0.717) is 23.9 Å². The number of hydrogen-bond acceptors (Lipinski definition) is 4. The minimum absolute atomic E-state index is 0.0517. The summed E-state index contributed by atoms with van der Waals surface area (Å²) in [5.74, 6) is -1.70. The van der Waals surface area contributed by atoms with Crippen molar-refractivity contribution in [2.45, 2.75) is 0 Å². The molecule has 0 unspecified atom stereocenters. The predicted molar refractivity (Wildman–Crippen MR) is 90.2 cm³/mol. The number of halogens is 1. The minimum Gasteiger partial charge on any atom is -0.478 e. The SMILES string of the molecule is O=C(O)c1c[nH]cc1C(=O)Nc1ccc(N2CCOCC2)cc1Cl. The van der Waals surface area contributed by atoms with Crippen molar-refractivity contribution in [2.75, 3.05) is 36.5 Å². The van der Waals surface area contributed by atoms with Crippen molar-refractivity contribution in [3.63, 3.8) is 0 Å². The zero-order valence-electron chi connectivity index (χ0n) is 12.7. The Morgan fingerprint density at radius 3 is 2.58 bits per heavy atom. The molecule has 2 aromatic rings. The van der Waals surface area contributed by atoms with Gasteiger partial charge in [-0.1, -0.05) is 11.6 Å². The summed E-state index contributed by atoms with van der Waals surface area (Å²) >= 11 is 6.26. The van der Waals surface area contributed by atoms with Crippen LogP contribution >= 0.6 is 11.6 Å². The molecule has 0 spiro atoms. The maximum atomic E-state index is 12.3. The molecule has 1 aromatic heterocycles. The molecule has 1 aliphatic heterocycles. The van der Waals surface area contributed by atoms with Gasteiger partial charge in [0.2, 0.25) is 0 Å². The van der Waals surface area contributed by atoms with Gasteiger partial charge in [-0.05, 0) is 18.2 Å². The van der Waals surface area contributed by atoms with Crippen molar-refractivity contribution in [3.8, 4) is 0 Å². The Hall–Kier alpha value is -2.51. The van der Waals surface area contributed by atoms with Gasteiger partial charge in [-0.3, -0.25) is 4.79 Å². The van der Waals surface area contributed by atoms with E-state index in [1.807, 2.05) is 6.07 Å². The molecular formula is C16H16ClN3O4. The summed E-state index contributed by atoms with van der Waals surface area (Å²) in [6.07, 6.45) is 2.61. The highest BCUT2D eigenvalue weighted by Gasteiger charge is 2.19. The van der Waals surface area contributed by atoms with E-state index in [4.69, 9.17) is 21.4 Å². The zero-order chi connectivity index (χ0) is 17.1. The number of H-pyrrole nitrogens is 1. The summed E-state index contributed by atoms with van der Waals surface area (Å²) in [6, 6.07) is 5.35. The number of carbonyl (C=O) groups excluding carboxylic acids is 1. The van der Waals surface area contributed by atoms with Crippen LogP contribution in [0.15, 0.2) is 30.6 Å². The summed E-state index contributed by atoms with van der Waals surface area (Å²) in [5.41, 5.74) is 1.34. The molecule has 1 amide bonds. The summed E-state index contributed by atoms with van der Waals surface area (Å²) in [7, 11) is 0. The van der Waals surface area contributed by atoms with Crippen molar-refractivity contribution < 1.29 is 19.4 Å². The molecule has 1 fully saturated rings. The van der Waals surface area contributed by atoms with Crippen LogP contribution in [-0.2, 0) is 4.74 Å². The Kier molecular flexibility index (Phi) is 4.73. The molecule has 3 N–H and O–H groups in total. The third kappa shape index (κ3) is 3.37. The van der Waals surface area contributed by atoms with E-state index in [1.165, 1.54) is 12.4 Å². The number of carboxylic acids is 1. The number of nitrogens with one attached hydrogen (secondary N) is 2. The number of ether oxygens (including phenoxy) is 1. The summed E-state index contributed by atoms with van der Waals surface area (Å²) in [5, 5.41) is 12.1. The number of morpholine rings is 1. The molecule has 1 aliphatic rings. The third-order valence-electron chi connectivity index (χ3n) is 3.80. The maximum absolute atomic E-state index is 12.3. The van der Waals surface area contributed by atoms with Gasteiger partial charge in [0.05, 0.1) is 35.1 Å². The first kappa shape index (κ1) is 16.4. The van der Waals surface area contributed by atoms with E-state index < -0.39 is 11.9 Å². The second-order valence-electron chi connectivity index (χ2n) is 5.31. The molecule has 0 saturated carbocycles. The first-order chi connectivity index (χ1) is 11.6. The summed E-state index contributed by atoms with van der Waals surface area (Å²) in [6.45, 7) is 2.91. The highest BCUT2D eigenvalue weighted by molar-refractivity contribution is 6.34. The Morgan fingerprint density at radius 2 is 1.92 bits per heavy atom. The topological polar surface area (TPSA) is 94.7 Å². The predicted octanol–water partition coefficient (Wildman–Crippen LogP) is 2.46. The number of benzene rings is 1. The number of carbonyl (C=O) groups is 2. The number of aromatic nitrogens is 1. The number of anilines is 2. The van der Waals surface area contributed by atoms with Crippen LogP contribution in [0, 0.1) is 0 Å². The number of aromatic amines is 1. The molecule has 24 heavy (non-hydrogen) atoms. The van der Waals surface area contributed by atoms with Crippen LogP contribution in [0.1, 0.15) is 20.7 Å². The number of amides is 1. The first-order valence-corrected chi connectivity index (χ1v) is 7.77. The molecule has 126 valence electrons. The van der Waals surface area contributed by atoms with Gasteiger partial charge in [0, 0.05) is 31.2 Å². The highest BCUT2D eigenvalue weighted by Crippen LogP contribution is 2.28. The molecule has 0 radical (unpaired) electrons. The van der Waals surface area contributed by atoms with Crippen molar-refractivity contribution >= 4 is 34.9 Å². The van der Waals surface area contributed by atoms with Gasteiger partial charge in [-0.15, -0.1) is 0 Å². The van der Waals surface area contributed by atoms with Gasteiger partial charge in [0.15, 0.2) is 0 Å². The number of hydrogen-bond donors (Lipinski definition) is 3. The van der Waals surface area contributed by atoms with Gasteiger partial charge in [-0.2, -0.15) is 0 Å². The quantitative estimate of drug-likeness (QED) is 0.788. The molecule has 0 atom stereocenters. The third-order valence-corrected chi connectivity index (χ3v) is 4.11. The standard InChI is InChI=1S/C16H16ClN3O4/c17-13-7-10(20-3-5-24-6-4-20)1-2-14(13)19-15(21)11-8-18-9-12(11)16(22)23/h1-2,7-9,18H,3-6H2,(H,19,21)(H,22,23). The van der Waals surface area contributed by atoms with Crippen molar-refractivity contribution in [1.29, 1.82) is 0 Å². The lowest BCUT2D eigenvalue weighted by molar-refractivity contribution is 0.0693. The Morgan fingerprint density at radius 1 is 1.21 bits per heavy atom. The number of aromatic carboxylic acids is 1. The molecule has 7 nitrogen and oxygen atoms in total. The van der Waals surface area contributed by atoms with E-state index in [9.17, 15) is 9.59 Å². The smallest absolute Gasteiger partial charge is 0.338 e. The van der Waals surface area contributed by atoms with Crippen LogP contribution in [0.5, 0.6) is 0 Å². The second kappa shape index (κ2) is 6.94. The largest absolute Gasteiger partial charge is 0.478 e. The monoisotopic (exact) mass is 349 g/mol. The van der Waals surface area contributed by atoms with Gasteiger partial charge in [0.1, 0.15) is 0 Å². The fraction of sp³-hybridized carbons (Fsp3) is 0.250. The van der Waals surface area contributed by atoms with E-state index in [-0.39, 0.29) is 11.1 Å². The zero-order valence-corrected chi connectivity index (χ0v) is 13.5. The van der Waals surface area contributed by atoms with Crippen LogP contribution in [0.25, 0.3) is 0 Å². The van der Waals surface area contributed by atoms with Gasteiger partial charge >= 0.3 is 5.97 Å². The molecule has 8 heteroatoms. The molecule has 3 rings (SSSR count). The molecule has 1 aromatic carbocycles. The van der Waals surface area contributed by atoms with Crippen LogP contribution in [-0.4, -0.2) is 48.3 Å².